The summed E-state index contributed by atoms with van der Waals surface area (Å²) in [5, 5.41) is 12.2. The van der Waals surface area contributed by atoms with Gasteiger partial charge in [0.1, 0.15) is 0 Å². The Balaban J connectivity index is 1.53. The third kappa shape index (κ3) is 2.79. The number of furan rings is 1. The Kier molecular flexibility index (Phi) is 3.68. The lowest BCUT2D eigenvalue weighted by molar-refractivity contribution is 0.0779. The molecule has 2 aromatic rings. The molecule has 0 fully saturated rings. The quantitative estimate of drug-likeness (QED) is 0.758. The summed E-state index contributed by atoms with van der Waals surface area (Å²) < 4.78 is 31.7. The summed E-state index contributed by atoms with van der Waals surface area (Å²) in [7, 11) is -4.17. The number of fused-ring (bicyclic) bond motifs is 2. The van der Waals surface area contributed by atoms with Gasteiger partial charge in [-0.15, -0.1) is 0 Å². The zero-order chi connectivity index (χ0) is 18.7. The number of anilines is 1. The molecule has 7 nitrogen and oxygen atoms in total. The number of hydrogen-bond donors (Lipinski definition) is 3. The van der Waals surface area contributed by atoms with Crippen LogP contribution in [0.3, 0.4) is 0 Å². The van der Waals surface area contributed by atoms with Gasteiger partial charge in [0.05, 0.1) is 11.9 Å². The highest BCUT2D eigenvalue weighted by molar-refractivity contribution is 7.89. The minimum Gasteiger partial charge on any atom is -0.451 e. The van der Waals surface area contributed by atoms with E-state index in [0.29, 0.717) is 5.56 Å². The van der Waals surface area contributed by atoms with Gasteiger partial charge in [-0.25, -0.2) is 9.52 Å². The van der Waals surface area contributed by atoms with Crippen LogP contribution in [0.25, 0.3) is 0 Å². The highest BCUT2D eigenvalue weighted by Gasteiger charge is 2.30. The first-order valence-electron chi connectivity index (χ1n) is 8.47. The standard InChI is InChI=1S/C18H20N2O5S/c1-18(2,22)12-8-15(25-9-12)26(23,24)20-17(21)19-16-13-5-3-10(13)7-11-4-6-14(11)16/h7-9,22H,3-6H2,1-2H3,(H2,19,20,21). The number of benzene rings is 1. The second-order valence-electron chi connectivity index (χ2n) is 7.30. The van der Waals surface area contributed by atoms with Crippen molar-refractivity contribution in [3.63, 3.8) is 0 Å². The number of carbonyl (C=O) groups excluding carboxylic acids is 1. The first-order valence-corrected chi connectivity index (χ1v) is 9.95. The van der Waals surface area contributed by atoms with Crippen molar-refractivity contribution in [3.8, 4) is 0 Å². The van der Waals surface area contributed by atoms with Gasteiger partial charge >= 0.3 is 6.03 Å². The molecule has 3 N–H and O–H groups in total. The smallest absolute Gasteiger partial charge is 0.333 e. The Morgan fingerprint density at radius 2 is 1.73 bits per heavy atom. The van der Waals surface area contributed by atoms with E-state index in [4.69, 9.17) is 4.42 Å². The maximum absolute atomic E-state index is 12.4. The molecule has 2 aliphatic rings. The molecule has 2 amide bonds. The van der Waals surface area contributed by atoms with Crippen LogP contribution in [-0.2, 0) is 41.3 Å². The number of aryl methyl sites for hydroxylation is 2. The number of amides is 2. The molecule has 1 aromatic carbocycles. The predicted molar refractivity (Wildman–Crippen MR) is 94.6 cm³/mol. The number of urea groups is 1. The highest BCUT2D eigenvalue weighted by atomic mass is 32.2. The van der Waals surface area contributed by atoms with Crippen molar-refractivity contribution in [1.82, 2.24) is 4.72 Å². The Morgan fingerprint density at radius 3 is 2.19 bits per heavy atom. The topological polar surface area (TPSA) is 109 Å². The van der Waals surface area contributed by atoms with E-state index in [0.717, 1.165) is 48.8 Å². The van der Waals surface area contributed by atoms with Crippen molar-refractivity contribution >= 4 is 21.7 Å². The Bertz CT molecular complexity index is 985. The van der Waals surface area contributed by atoms with Gasteiger partial charge < -0.3 is 14.8 Å². The van der Waals surface area contributed by atoms with Crippen LogP contribution >= 0.6 is 0 Å². The first-order chi connectivity index (χ1) is 12.1. The summed E-state index contributed by atoms with van der Waals surface area (Å²) in [5.74, 6) is 0. The molecule has 0 atom stereocenters. The van der Waals surface area contributed by atoms with E-state index < -0.39 is 26.7 Å². The Morgan fingerprint density at radius 1 is 1.12 bits per heavy atom. The monoisotopic (exact) mass is 376 g/mol. The van der Waals surface area contributed by atoms with Crippen LogP contribution in [-0.4, -0.2) is 19.6 Å². The molecule has 0 saturated heterocycles. The SMILES string of the molecule is CC(C)(O)c1coc(S(=O)(=O)NC(=O)Nc2c3c(cc4c2CC4)CC3)c1. The van der Waals surface area contributed by atoms with Crippen molar-refractivity contribution in [2.45, 2.75) is 50.2 Å². The molecule has 0 spiro atoms. The zero-order valence-electron chi connectivity index (χ0n) is 14.5. The Labute approximate surface area is 151 Å². The third-order valence-electron chi connectivity index (χ3n) is 5.03. The molecular formula is C18H20N2O5S. The van der Waals surface area contributed by atoms with Crippen LogP contribution in [0.1, 0.15) is 41.7 Å². The van der Waals surface area contributed by atoms with E-state index in [2.05, 4.69) is 11.4 Å². The van der Waals surface area contributed by atoms with Crippen molar-refractivity contribution in [2.24, 2.45) is 0 Å². The first kappa shape index (κ1) is 17.1. The minimum atomic E-state index is -4.17. The highest BCUT2D eigenvalue weighted by Crippen LogP contribution is 2.40. The van der Waals surface area contributed by atoms with Crippen LogP contribution in [0.4, 0.5) is 10.5 Å². The van der Waals surface area contributed by atoms with Gasteiger partial charge in [0.2, 0.25) is 5.09 Å². The fraction of sp³-hybridized carbons (Fsp3) is 0.389. The normalized spacial score (nSPS) is 15.3. The average Bonchev–Trinajstić information content (AvgIpc) is 2.93. The number of carbonyl (C=O) groups is 1. The molecule has 138 valence electrons. The molecule has 2 aliphatic carbocycles. The van der Waals surface area contributed by atoms with E-state index in [9.17, 15) is 18.3 Å². The van der Waals surface area contributed by atoms with Crippen molar-refractivity contribution in [1.29, 1.82) is 0 Å². The van der Waals surface area contributed by atoms with Crippen LogP contribution in [0, 0.1) is 0 Å². The lowest BCUT2D eigenvalue weighted by atomic mass is 9.76. The molecule has 4 rings (SSSR count). The van der Waals surface area contributed by atoms with Crippen LogP contribution in [0.5, 0.6) is 0 Å². The summed E-state index contributed by atoms with van der Waals surface area (Å²) in [5.41, 5.74) is 4.46. The molecule has 8 heteroatoms. The second-order valence-corrected chi connectivity index (χ2v) is 8.91. The molecule has 0 saturated carbocycles. The van der Waals surface area contributed by atoms with Gasteiger partial charge in [-0.2, -0.15) is 8.42 Å². The lowest BCUT2D eigenvalue weighted by Gasteiger charge is -2.32. The fourth-order valence-corrected chi connectivity index (χ4v) is 4.16. The Hall–Kier alpha value is -2.32. The van der Waals surface area contributed by atoms with E-state index in [1.807, 2.05) is 4.72 Å². The molecule has 0 aliphatic heterocycles. The van der Waals surface area contributed by atoms with E-state index in [1.165, 1.54) is 31.0 Å². The summed E-state index contributed by atoms with van der Waals surface area (Å²) in [4.78, 5) is 12.3. The second kappa shape index (κ2) is 5.59. The fourth-order valence-electron chi connectivity index (χ4n) is 3.31. The van der Waals surface area contributed by atoms with Crippen molar-refractivity contribution in [3.05, 3.63) is 46.2 Å². The number of hydrogen-bond acceptors (Lipinski definition) is 5. The lowest BCUT2D eigenvalue weighted by Crippen LogP contribution is -2.36. The third-order valence-corrected chi connectivity index (χ3v) is 6.23. The molecule has 0 unspecified atom stereocenters. The zero-order valence-corrected chi connectivity index (χ0v) is 15.4. The maximum Gasteiger partial charge on any atom is 0.333 e. The van der Waals surface area contributed by atoms with Gasteiger partial charge in [0, 0.05) is 17.3 Å². The molecule has 26 heavy (non-hydrogen) atoms. The van der Waals surface area contributed by atoms with Crippen LogP contribution in [0.2, 0.25) is 0 Å². The van der Waals surface area contributed by atoms with Crippen molar-refractivity contribution in [2.75, 3.05) is 5.32 Å². The minimum absolute atomic E-state index is 0.309. The van der Waals surface area contributed by atoms with Crippen molar-refractivity contribution < 1.29 is 22.7 Å². The van der Waals surface area contributed by atoms with E-state index in [-0.39, 0.29) is 0 Å². The van der Waals surface area contributed by atoms with Gasteiger partial charge in [-0.1, -0.05) is 6.07 Å². The maximum atomic E-state index is 12.4. The van der Waals surface area contributed by atoms with Gasteiger partial charge in [0.25, 0.3) is 10.0 Å². The number of aliphatic hydroxyl groups is 1. The molecule has 0 radical (unpaired) electrons. The van der Waals surface area contributed by atoms with Crippen LogP contribution in [0.15, 0.2) is 27.9 Å². The number of nitrogens with one attached hydrogen (secondary N) is 2. The molecule has 1 heterocycles. The number of rotatable bonds is 4. The summed E-state index contributed by atoms with van der Waals surface area (Å²) in [6.07, 6.45) is 4.91. The van der Waals surface area contributed by atoms with Gasteiger partial charge in [0.15, 0.2) is 0 Å². The molecule has 0 bridgehead atoms. The average molecular weight is 376 g/mol. The van der Waals surface area contributed by atoms with Gasteiger partial charge in [-0.05, 0) is 61.8 Å². The largest absolute Gasteiger partial charge is 0.451 e. The predicted octanol–water partition coefficient (Wildman–Crippen LogP) is 2.21. The van der Waals surface area contributed by atoms with E-state index in [1.54, 1.807) is 0 Å². The summed E-state index contributed by atoms with van der Waals surface area (Å²) >= 11 is 0. The summed E-state index contributed by atoms with van der Waals surface area (Å²) in [6, 6.07) is 2.57. The summed E-state index contributed by atoms with van der Waals surface area (Å²) in [6.45, 7) is 3.03. The van der Waals surface area contributed by atoms with Crippen LogP contribution < -0.4 is 10.0 Å². The van der Waals surface area contributed by atoms with Gasteiger partial charge in [-0.3, -0.25) is 0 Å². The number of sulfonamides is 1. The van der Waals surface area contributed by atoms with E-state index >= 15 is 0 Å². The molecular weight excluding hydrogens is 356 g/mol. The molecule has 1 aromatic heterocycles.